The lowest BCUT2D eigenvalue weighted by Gasteiger charge is -1.99. The average molecular weight is 402 g/mol. The molecule has 26 heavy (non-hydrogen) atoms. The molecule has 0 saturated heterocycles. The number of non-ortho nitro benzene ring substituents is 1. The van der Waals surface area contributed by atoms with Crippen LogP contribution >= 0.6 is 34.4 Å². The number of carbonyl (C=O) groups excluding carboxylic acids is 1. The number of hydrogen-bond acceptors (Lipinski definition) is 8. The van der Waals surface area contributed by atoms with Gasteiger partial charge in [-0.15, -0.1) is 11.3 Å². The van der Waals surface area contributed by atoms with E-state index in [1.54, 1.807) is 6.07 Å². The van der Waals surface area contributed by atoms with Gasteiger partial charge in [-0.3, -0.25) is 14.9 Å². The van der Waals surface area contributed by atoms with Crippen LogP contribution in [0.1, 0.15) is 0 Å². The predicted octanol–water partition coefficient (Wildman–Crippen LogP) is 4.55. The first-order valence-corrected chi connectivity index (χ1v) is 10.0. The zero-order valence-electron chi connectivity index (χ0n) is 13.0. The Kier molecular flexibility index (Phi) is 4.53. The number of anilines is 1. The van der Waals surface area contributed by atoms with E-state index in [9.17, 15) is 14.9 Å². The van der Waals surface area contributed by atoms with Crippen LogP contribution in [0.25, 0.3) is 20.4 Å². The fourth-order valence-corrected chi connectivity index (χ4v) is 5.06. The van der Waals surface area contributed by atoms with E-state index < -0.39 is 4.92 Å². The first-order chi connectivity index (χ1) is 12.6. The molecule has 1 amide bonds. The maximum atomic E-state index is 12.1. The lowest BCUT2D eigenvalue weighted by molar-refractivity contribution is -0.384. The maximum Gasteiger partial charge on any atom is 0.270 e. The molecule has 2 heterocycles. The molecule has 2 aromatic heterocycles. The first kappa shape index (κ1) is 16.9. The van der Waals surface area contributed by atoms with Crippen LogP contribution < -0.4 is 5.32 Å². The topological polar surface area (TPSA) is 98.0 Å². The molecule has 0 spiro atoms. The van der Waals surface area contributed by atoms with Crippen LogP contribution in [0.5, 0.6) is 0 Å². The van der Waals surface area contributed by atoms with Crippen LogP contribution in [0.15, 0.2) is 46.8 Å². The zero-order chi connectivity index (χ0) is 18.1. The van der Waals surface area contributed by atoms with Gasteiger partial charge in [-0.25, -0.2) is 9.97 Å². The van der Waals surface area contributed by atoms with Crippen molar-refractivity contribution in [2.45, 2.75) is 4.34 Å². The van der Waals surface area contributed by atoms with Crippen molar-refractivity contribution >= 4 is 71.6 Å². The number of rotatable bonds is 5. The van der Waals surface area contributed by atoms with E-state index in [0.29, 0.717) is 15.0 Å². The highest BCUT2D eigenvalue weighted by Gasteiger charge is 2.13. The second-order valence-corrected chi connectivity index (χ2v) is 8.50. The Hall–Kier alpha value is -2.56. The van der Waals surface area contributed by atoms with Gasteiger partial charge in [0, 0.05) is 12.1 Å². The quantitative estimate of drug-likeness (QED) is 0.299. The number of para-hydroxylation sites is 1. The van der Waals surface area contributed by atoms with E-state index in [4.69, 9.17) is 0 Å². The summed E-state index contributed by atoms with van der Waals surface area (Å²) in [5, 5.41) is 14.2. The molecule has 0 aliphatic rings. The molecule has 130 valence electrons. The van der Waals surface area contributed by atoms with Gasteiger partial charge < -0.3 is 5.32 Å². The number of carbonyl (C=O) groups is 1. The molecular formula is C16H10N4O3S3. The second-order valence-electron chi connectivity index (χ2n) is 5.21. The Labute approximate surface area is 159 Å². The fraction of sp³-hybridized carbons (Fsp3) is 0.0625. The largest absolute Gasteiger partial charge is 0.301 e. The molecule has 0 saturated carbocycles. The summed E-state index contributed by atoms with van der Waals surface area (Å²) in [5.41, 5.74) is 1.58. The van der Waals surface area contributed by atoms with E-state index in [-0.39, 0.29) is 17.3 Å². The van der Waals surface area contributed by atoms with Crippen molar-refractivity contribution < 1.29 is 9.72 Å². The Bertz CT molecular complexity index is 1110. The predicted molar refractivity (Wildman–Crippen MR) is 105 cm³/mol. The first-order valence-electron chi connectivity index (χ1n) is 7.42. The number of nitrogens with zero attached hydrogens (tertiary/aromatic N) is 3. The normalized spacial score (nSPS) is 11.1. The summed E-state index contributed by atoms with van der Waals surface area (Å²) < 4.78 is 2.44. The van der Waals surface area contributed by atoms with Crippen LogP contribution in [0.3, 0.4) is 0 Å². The Morgan fingerprint density at radius 2 is 1.92 bits per heavy atom. The van der Waals surface area contributed by atoms with Gasteiger partial charge in [-0.1, -0.05) is 35.2 Å². The molecule has 0 unspecified atom stereocenters. The van der Waals surface area contributed by atoms with E-state index in [1.807, 2.05) is 24.3 Å². The number of nitro benzene ring substituents is 1. The summed E-state index contributed by atoms with van der Waals surface area (Å²) in [5.74, 6) is 0.0250. The SMILES string of the molecule is O=C(CSc1nc2ccc([N+](=O)[O-])cc2s1)Nc1nc2ccccc2s1. The molecule has 0 fully saturated rings. The molecule has 4 rings (SSSR count). The van der Waals surface area contributed by atoms with Crippen LogP contribution in [0, 0.1) is 10.1 Å². The van der Waals surface area contributed by atoms with Crippen molar-refractivity contribution in [1.29, 1.82) is 0 Å². The number of hydrogen-bond donors (Lipinski definition) is 1. The third-order valence-corrected chi connectivity index (χ3v) is 6.54. The average Bonchev–Trinajstić information content (AvgIpc) is 3.21. The number of fused-ring (bicyclic) bond motifs is 2. The van der Waals surface area contributed by atoms with Crippen LogP contribution in [-0.2, 0) is 4.79 Å². The van der Waals surface area contributed by atoms with Crippen molar-refractivity contribution in [2.75, 3.05) is 11.1 Å². The molecule has 7 nitrogen and oxygen atoms in total. The molecule has 10 heteroatoms. The van der Waals surface area contributed by atoms with Crippen LogP contribution in [-0.4, -0.2) is 26.6 Å². The van der Waals surface area contributed by atoms with E-state index in [2.05, 4.69) is 15.3 Å². The number of nitrogens with one attached hydrogen (secondary N) is 1. The maximum absolute atomic E-state index is 12.1. The highest BCUT2D eigenvalue weighted by molar-refractivity contribution is 8.01. The minimum atomic E-state index is -0.433. The molecular weight excluding hydrogens is 392 g/mol. The second kappa shape index (κ2) is 6.98. The van der Waals surface area contributed by atoms with Gasteiger partial charge >= 0.3 is 0 Å². The van der Waals surface area contributed by atoms with Crippen molar-refractivity contribution in [3.05, 3.63) is 52.6 Å². The van der Waals surface area contributed by atoms with Crippen molar-refractivity contribution in [3.63, 3.8) is 0 Å². The van der Waals surface area contributed by atoms with Gasteiger partial charge in [0.2, 0.25) is 5.91 Å². The Morgan fingerprint density at radius 1 is 1.12 bits per heavy atom. The fourth-order valence-electron chi connectivity index (χ4n) is 2.28. The van der Waals surface area contributed by atoms with Gasteiger partial charge in [-0.05, 0) is 18.2 Å². The molecule has 1 N–H and O–H groups in total. The smallest absolute Gasteiger partial charge is 0.270 e. The van der Waals surface area contributed by atoms with E-state index in [1.165, 1.54) is 46.6 Å². The Morgan fingerprint density at radius 3 is 2.73 bits per heavy atom. The molecule has 4 aromatic rings. The number of thiazole rings is 2. The third-order valence-electron chi connectivity index (χ3n) is 3.43. The summed E-state index contributed by atoms with van der Waals surface area (Å²) in [6.45, 7) is 0. The van der Waals surface area contributed by atoms with Gasteiger partial charge in [0.25, 0.3) is 5.69 Å². The lowest BCUT2D eigenvalue weighted by atomic mass is 10.3. The van der Waals surface area contributed by atoms with Gasteiger partial charge in [-0.2, -0.15) is 0 Å². The third kappa shape index (κ3) is 3.52. The minimum absolute atomic E-state index is 0.0336. The zero-order valence-corrected chi connectivity index (χ0v) is 15.5. The van der Waals surface area contributed by atoms with E-state index in [0.717, 1.165) is 14.9 Å². The summed E-state index contributed by atoms with van der Waals surface area (Å²) in [6.07, 6.45) is 0. The molecule has 0 bridgehead atoms. The van der Waals surface area contributed by atoms with E-state index >= 15 is 0 Å². The van der Waals surface area contributed by atoms with Crippen LogP contribution in [0.2, 0.25) is 0 Å². The van der Waals surface area contributed by atoms with Crippen molar-refractivity contribution in [1.82, 2.24) is 9.97 Å². The Balaban J connectivity index is 1.42. The number of nitro groups is 1. The van der Waals surface area contributed by atoms with Gasteiger partial charge in [0.1, 0.15) is 0 Å². The number of benzene rings is 2. The number of aromatic nitrogens is 2. The number of amides is 1. The molecule has 2 aromatic carbocycles. The summed E-state index contributed by atoms with van der Waals surface area (Å²) >= 11 is 4.06. The minimum Gasteiger partial charge on any atom is -0.301 e. The molecule has 0 aliphatic carbocycles. The summed E-state index contributed by atoms with van der Waals surface area (Å²) in [7, 11) is 0. The van der Waals surface area contributed by atoms with Crippen molar-refractivity contribution in [3.8, 4) is 0 Å². The molecule has 0 radical (unpaired) electrons. The molecule has 0 aliphatic heterocycles. The van der Waals surface area contributed by atoms with Gasteiger partial charge in [0.15, 0.2) is 9.47 Å². The standard InChI is InChI=1S/C16H10N4O3S3/c21-14(19-15-17-10-3-1-2-4-12(10)25-15)8-24-16-18-11-6-5-9(20(22)23)7-13(11)26-16/h1-7H,8H2,(H,17,19,21). The highest BCUT2D eigenvalue weighted by atomic mass is 32.2. The summed E-state index contributed by atoms with van der Waals surface area (Å²) in [6, 6.07) is 12.2. The highest BCUT2D eigenvalue weighted by Crippen LogP contribution is 2.32. The van der Waals surface area contributed by atoms with Crippen LogP contribution in [0.4, 0.5) is 10.8 Å². The van der Waals surface area contributed by atoms with Gasteiger partial charge in [0.05, 0.1) is 31.1 Å². The van der Waals surface area contributed by atoms with Crippen molar-refractivity contribution in [2.24, 2.45) is 0 Å². The number of thioether (sulfide) groups is 1. The molecule has 0 atom stereocenters. The monoisotopic (exact) mass is 402 g/mol. The summed E-state index contributed by atoms with van der Waals surface area (Å²) in [4.78, 5) is 31.3. The lowest BCUT2D eigenvalue weighted by Crippen LogP contribution is -2.13.